The highest BCUT2D eigenvalue weighted by atomic mass is 16.5. The molecule has 0 aliphatic carbocycles. The second kappa shape index (κ2) is 5.63. The molecular formula is C16H17N5O. The number of para-hydroxylation sites is 1. The maximum Gasteiger partial charge on any atom is 0.177 e. The minimum atomic E-state index is 0.349. The molecule has 1 aliphatic rings. The maximum absolute atomic E-state index is 5.91. The van der Waals surface area contributed by atoms with E-state index < -0.39 is 0 Å². The third-order valence-corrected chi connectivity index (χ3v) is 4.00. The van der Waals surface area contributed by atoms with Gasteiger partial charge in [-0.25, -0.2) is 0 Å². The van der Waals surface area contributed by atoms with Crippen molar-refractivity contribution in [3.63, 3.8) is 0 Å². The van der Waals surface area contributed by atoms with E-state index in [2.05, 4.69) is 20.2 Å². The quantitative estimate of drug-likeness (QED) is 0.738. The molecule has 1 aromatic carbocycles. The van der Waals surface area contributed by atoms with Gasteiger partial charge in [0.25, 0.3) is 0 Å². The van der Waals surface area contributed by atoms with Gasteiger partial charge in [0.2, 0.25) is 0 Å². The Labute approximate surface area is 128 Å². The second-order valence-electron chi connectivity index (χ2n) is 5.44. The third kappa shape index (κ3) is 2.47. The summed E-state index contributed by atoms with van der Waals surface area (Å²) >= 11 is 0. The molecule has 0 bridgehead atoms. The van der Waals surface area contributed by atoms with Crippen molar-refractivity contribution in [2.24, 2.45) is 0 Å². The lowest BCUT2D eigenvalue weighted by Gasteiger charge is -2.25. The van der Waals surface area contributed by atoms with E-state index in [-0.39, 0.29) is 0 Å². The molecule has 0 saturated carbocycles. The number of benzene rings is 1. The predicted octanol–water partition coefficient (Wildman–Crippen LogP) is 2.17. The van der Waals surface area contributed by atoms with E-state index in [1.54, 1.807) is 10.8 Å². The molecule has 6 nitrogen and oxygen atoms in total. The van der Waals surface area contributed by atoms with Crippen LogP contribution in [0.15, 0.2) is 48.8 Å². The van der Waals surface area contributed by atoms with Crippen LogP contribution in [0.25, 0.3) is 5.65 Å². The first kappa shape index (κ1) is 13.1. The number of anilines is 1. The molecule has 0 radical (unpaired) electrons. The first-order chi connectivity index (χ1) is 10.9. The van der Waals surface area contributed by atoms with E-state index in [0.29, 0.717) is 12.6 Å². The monoisotopic (exact) mass is 295 g/mol. The maximum atomic E-state index is 5.91. The Morgan fingerprint density at radius 3 is 2.95 bits per heavy atom. The van der Waals surface area contributed by atoms with Gasteiger partial charge in [0.1, 0.15) is 24.5 Å². The zero-order valence-electron chi connectivity index (χ0n) is 12.2. The molecule has 1 fully saturated rings. The highest BCUT2D eigenvalue weighted by Crippen LogP contribution is 2.24. The van der Waals surface area contributed by atoms with Gasteiger partial charge in [-0.1, -0.05) is 18.2 Å². The van der Waals surface area contributed by atoms with Gasteiger partial charge in [-0.3, -0.25) is 0 Å². The summed E-state index contributed by atoms with van der Waals surface area (Å²) in [6.45, 7) is 1.68. The van der Waals surface area contributed by atoms with Gasteiger partial charge < -0.3 is 9.64 Å². The summed E-state index contributed by atoms with van der Waals surface area (Å²) in [5.74, 6) is 1.86. The fourth-order valence-electron chi connectivity index (χ4n) is 2.89. The van der Waals surface area contributed by atoms with E-state index in [4.69, 9.17) is 4.74 Å². The fraction of sp³-hybridized carbons (Fsp3) is 0.312. The lowest BCUT2D eigenvalue weighted by Crippen LogP contribution is -2.35. The summed E-state index contributed by atoms with van der Waals surface area (Å²) in [5, 5.41) is 12.4. The number of ether oxygens (including phenoxy) is 1. The van der Waals surface area contributed by atoms with Gasteiger partial charge in [-0.05, 0) is 37.1 Å². The molecule has 6 heteroatoms. The highest BCUT2D eigenvalue weighted by Gasteiger charge is 2.26. The van der Waals surface area contributed by atoms with Crippen LogP contribution in [0.5, 0.6) is 5.75 Å². The third-order valence-electron chi connectivity index (χ3n) is 4.00. The van der Waals surface area contributed by atoms with Crippen LogP contribution in [0.1, 0.15) is 12.8 Å². The number of nitrogens with zero attached hydrogens (tertiary/aromatic N) is 5. The smallest absolute Gasteiger partial charge is 0.177 e. The Hall–Kier alpha value is -2.63. The lowest BCUT2D eigenvalue weighted by molar-refractivity contribution is 0.288. The molecule has 2 aromatic heterocycles. The topological polar surface area (TPSA) is 55.5 Å². The molecule has 22 heavy (non-hydrogen) atoms. The van der Waals surface area contributed by atoms with Gasteiger partial charge >= 0.3 is 0 Å². The molecule has 4 rings (SSSR count). The Bertz CT molecular complexity index is 757. The summed E-state index contributed by atoms with van der Waals surface area (Å²) < 4.78 is 7.62. The fourth-order valence-corrected chi connectivity index (χ4v) is 2.89. The number of fused-ring (bicyclic) bond motifs is 1. The molecule has 3 aromatic rings. The number of hydrogen-bond donors (Lipinski definition) is 0. The first-order valence-corrected chi connectivity index (χ1v) is 7.52. The summed E-state index contributed by atoms with van der Waals surface area (Å²) in [6.07, 6.45) is 3.91. The van der Waals surface area contributed by atoms with Crippen LogP contribution >= 0.6 is 0 Å². The normalized spacial score (nSPS) is 18.0. The molecule has 1 atom stereocenters. The number of hydrogen-bond acceptors (Lipinski definition) is 5. The largest absolute Gasteiger partial charge is 0.491 e. The van der Waals surface area contributed by atoms with Crippen molar-refractivity contribution in [3.05, 3.63) is 48.8 Å². The summed E-state index contributed by atoms with van der Waals surface area (Å²) in [6, 6.07) is 14.2. The second-order valence-corrected chi connectivity index (χ2v) is 5.44. The molecule has 1 saturated heterocycles. The molecule has 3 heterocycles. The standard InChI is InChI=1S/C16H17N5O/c1-2-6-14(7-3-1)22-11-13-5-4-10-20(13)16-9-8-15-18-17-12-21(15)19-16/h1-3,6-9,12-13H,4-5,10-11H2/t13-/m0/s1. The zero-order chi connectivity index (χ0) is 14.8. The van der Waals surface area contributed by atoms with Crippen LogP contribution in [-0.4, -0.2) is 39.0 Å². The minimum Gasteiger partial charge on any atom is -0.491 e. The van der Waals surface area contributed by atoms with E-state index in [1.165, 1.54) is 0 Å². The van der Waals surface area contributed by atoms with E-state index >= 15 is 0 Å². The van der Waals surface area contributed by atoms with Gasteiger partial charge in [0, 0.05) is 6.54 Å². The van der Waals surface area contributed by atoms with Crippen LogP contribution in [0, 0.1) is 0 Å². The Kier molecular flexibility index (Phi) is 3.34. The van der Waals surface area contributed by atoms with Gasteiger partial charge in [-0.15, -0.1) is 15.3 Å². The molecule has 0 amide bonds. The van der Waals surface area contributed by atoms with Crippen LogP contribution in [0.4, 0.5) is 5.82 Å². The molecule has 1 aliphatic heterocycles. The van der Waals surface area contributed by atoms with Crippen LogP contribution in [0.3, 0.4) is 0 Å². The number of rotatable bonds is 4. The summed E-state index contributed by atoms with van der Waals surface area (Å²) in [4.78, 5) is 2.31. The number of aromatic nitrogens is 4. The van der Waals surface area contributed by atoms with Crippen molar-refractivity contribution in [1.82, 2.24) is 19.8 Å². The molecule has 0 spiro atoms. The van der Waals surface area contributed by atoms with Crippen molar-refractivity contribution < 1.29 is 4.74 Å². The summed E-state index contributed by atoms with van der Waals surface area (Å²) in [5.41, 5.74) is 0.764. The van der Waals surface area contributed by atoms with Gasteiger partial charge in [0.15, 0.2) is 5.65 Å². The van der Waals surface area contributed by atoms with Crippen molar-refractivity contribution in [1.29, 1.82) is 0 Å². The SMILES string of the molecule is c1ccc(OC[C@@H]2CCCN2c2ccc3nncn3n2)cc1. The van der Waals surface area contributed by atoms with Crippen LogP contribution < -0.4 is 9.64 Å². The minimum absolute atomic E-state index is 0.349. The lowest BCUT2D eigenvalue weighted by atomic mass is 10.2. The zero-order valence-corrected chi connectivity index (χ0v) is 12.2. The van der Waals surface area contributed by atoms with Crippen molar-refractivity contribution in [2.45, 2.75) is 18.9 Å². The van der Waals surface area contributed by atoms with Crippen molar-refractivity contribution >= 4 is 11.5 Å². The average Bonchev–Trinajstić information content (AvgIpc) is 3.22. The van der Waals surface area contributed by atoms with Crippen LogP contribution in [0.2, 0.25) is 0 Å². The van der Waals surface area contributed by atoms with E-state index in [1.807, 2.05) is 42.5 Å². The van der Waals surface area contributed by atoms with E-state index in [9.17, 15) is 0 Å². The highest BCUT2D eigenvalue weighted by molar-refractivity contribution is 5.46. The van der Waals surface area contributed by atoms with Crippen molar-refractivity contribution in [3.8, 4) is 5.75 Å². The summed E-state index contributed by atoms with van der Waals surface area (Å²) in [7, 11) is 0. The Morgan fingerprint density at radius 1 is 1.14 bits per heavy atom. The van der Waals surface area contributed by atoms with E-state index in [0.717, 1.165) is 36.6 Å². The average molecular weight is 295 g/mol. The van der Waals surface area contributed by atoms with Gasteiger partial charge in [-0.2, -0.15) is 4.52 Å². The Balaban J connectivity index is 1.50. The van der Waals surface area contributed by atoms with Crippen LogP contribution in [-0.2, 0) is 0 Å². The Morgan fingerprint density at radius 2 is 2.05 bits per heavy atom. The molecule has 0 N–H and O–H groups in total. The predicted molar refractivity (Wildman–Crippen MR) is 83.1 cm³/mol. The first-order valence-electron chi connectivity index (χ1n) is 7.52. The van der Waals surface area contributed by atoms with Gasteiger partial charge in [0.05, 0.1) is 6.04 Å². The van der Waals surface area contributed by atoms with Crippen molar-refractivity contribution in [2.75, 3.05) is 18.1 Å². The molecule has 112 valence electrons. The molecule has 0 unspecified atom stereocenters. The molecular weight excluding hydrogens is 278 g/mol.